The average Bonchev–Trinajstić information content (AvgIpc) is 1.99. The lowest BCUT2D eigenvalue weighted by atomic mass is 10.3. The second-order valence-corrected chi connectivity index (χ2v) is 2.92. The second-order valence-electron chi connectivity index (χ2n) is 2.21. The van der Waals surface area contributed by atoms with Gasteiger partial charge in [-0.2, -0.15) is 0 Å². The van der Waals surface area contributed by atoms with Crippen LogP contribution in [0.25, 0.3) is 0 Å². The first kappa shape index (κ1) is 10.0. The molecule has 0 saturated heterocycles. The highest BCUT2D eigenvalue weighted by Crippen LogP contribution is 2.20. The molecule has 1 aromatic heterocycles. The molecular weight excluding hydrogens is 217 g/mol. The number of aromatic nitrogens is 2. The molecule has 3 N–H and O–H groups in total. The number of nitrogen functional groups attached to an aromatic ring is 1. The van der Waals surface area contributed by atoms with Crippen molar-refractivity contribution in [2.75, 3.05) is 5.73 Å². The minimum atomic E-state index is -1.06. The van der Waals surface area contributed by atoms with Crippen LogP contribution in [0.4, 0.5) is 5.82 Å². The topological polar surface area (TPSA) is 89.1 Å². The molecular formula is C6H5Cl2N3O2. The van der Waals surface area contributed by atoms with Gasteiger partial charge in [0.2, 0.25) is 0 Å². The van der Waals surface area contributed by atoms with Crippen LogP contribution in [0.5, 0.6) is 0 Å². The summed E-state index contributed by atoms with van der Waals surface area (Å²) in [6.07, 6.45) is -0.324. The SMILES string of the molecule is Nc1nc(Cl)c(Cl)nc1CC(=O)O. The predicted octanol–water partition coefficient (Wildman–Crippen LogP) is 0.993. The number of halogens is 2. The van der Waals surface area contributed by atoms with Gasteiger partial charge in [0.15, 0.2) is 10.3 Å². The second kappa shape index (κ2) is 3.76. The van der Waals surface area contributed by atoms with Crippen molar-refractivity contribution in [2.24, 2.45) is 0 Å². The van der Waals surface area contributed by atoms with Gasteiger partial charge in [-0.15, -0.1) is 0 Å². The Balaban J connectivity index is 3.08. The summed E-state index contributed by atoms with van der Waals surface area (Å²) >= 11 is 11.0. The lowest BCUT2D eigenvalue weighted by Crippen LogP contribution is -2.08. The van der Waals surface area contributed by atoms with Crippen LogP contribution >= 0.6 is 23.2 Å². The Kier molecular flexibility index (Phi) is 2.90. The Morgan fingerprint density at radius 1 is 1.38 bits per heavy atom. The first-order valence-electron chi connectivity index (χ1n) is 3.20. The van der Waals surface area contributed by atoms with Gasteiger partial charge in [0.25, 0.3) is 0 Å². The van der Waals surface area contributed by atoms with E-state index < -0.39 is 5.97 Å². The average molecular weight is 222 g/mol. The molecule has 7 heteroatoms. The lowest BCUT2D eigenvalue weighted by Gasteiger charge is -2.02. The zero-order chi connectivity index (χ0) is 10.0. The van der Waals surface area contributed by atoms with Crippen LogP contribution in [0.15, 0.2) is 0 Å². The molecule has 0 aliphatic carbocycles. The number of hydrogen-bond acceptors (Lipinski definition) is 4. The first-order valence-corrected chi connectivity index (χ1v) is 3.95. The molecule has 13 heavy (non-hydrogen) atoms. The maximum atomic E-state index is 10.3. The summed E-state index contributed by atoms with van der Waals surface area (Å²) in [5.41, 5.74) is 5.47. The highest BCUT2D eigenvalue weighted by molar-refractivity contribution is 6.40. The minimum Gasteiger partial charge on any atom is -0.481 e. The van der Waals surface area contributed by atoms with Crippen molar-refractivity contribution in [1.82, 2.24) is 9.97 Å². The van der Waals surface area contributed by atoms with Gasteiger partial charge in [-0.25, -0.2) is 9.97 Å². The maximum Gasteiger partial charge on any atom is 0.309 e. The quantitative estimate of drug-likeness (QED) is 0.778. The van der Waals surface area contributed by atoms with Crippen molar-refractivity contribution in [1.29, 1.82) is 0 Å². The predicted molar refractivity (Wildman–Crippen MR) is 47.8 cm³/mol. The van der Waals surface area contributed by atoms with Gasteiger partial charge in [0, 0.05) is 0 Å². The maximum absolute atomic E-state index is 10.3. The number of aliphatic carboxylic acids is 1. The standard InChI is InChI=1S/C6H5Cl2N3O2/c7-4-5(8)11-6(9)2(10-4)1-3(12)13/h1H2,(H2,9,11)(H,12,13). The monoisotopic (exact) mass is 221 g/mol. The fourth-order valence-corrected chi connectivity index (χ4v) is 0.989. The van der Waals surface area contributed by atoms with Gasteiger partial charge >= 0.3 is 5.97 Å². The van der Waals surface area contributed by atoms with Crippen LogP contribution in [0.2, 0.25) is 10.3 Å². The van der Waals surface area contributed by atoms with E-state index in [4.69, 9.17) is 34.0 Å². The van der Waals surface area contributed by atoms with Gasteiger partial charge in [-0.3, -0.25) is 4.79 Å². The normalized spacial score (nSPS) is 10.0. The largest absolute Gasteiger partial charge is 0.481 e. The van der Waals surface area contributed by atoms with Gasteiger partial charge in [0.1, 0.15) is 5.82 Å². The molecule has 0 aliphatic rings. The number of hydrogen-bond donors (Lipinski definition) is 2. The highest BCUT2D eigenvalue weighted by atomic mass is 35.5. The Morgan fingerprint density at radius 3 is 2.46 bits per heavy atom. The number of carboxylic acids is 1. The third-order valence-electron chi connectivity index (χ3n) is 1.24. The van der Waals surface area contributed by atoms with Crippen molar-refractivity contribution < 1.29 is 9.90 Å². The van der Waals surface area contributed by atoms with E-state index in [1.807, 2.05) is 0 Å². The Hall–Kier alpha value is -1.07. The molecule has 0 spiro atoms. The van der Waals surface area contributed by atoms with Crippen LogP contribution in [0.1, 0.15) is 5.69 Å². The van der Waals surface area contributed by atoms with E-state index in [9.17, 15) is 4.79 Å². The van der Waals surface area contributed by atoms with E-state index in [0.29, 0.717) is 0 Å². The number of nitrogens with two attached hydrogens (primary N) is 1. The number of anilines is 1. The molecule has 0 atom stereocenters. The molecule has 0 radical (unpaired) electrons. The molecule has 0 aliphatic heterocycles. The molecule has 70 valence electrons. The van der Waals surface area contributed by atoms with Crippen molar-refractivity contribution in [3.05, 3.63) is 16.0 Å². The molecule has 0 unspecified atom stereocenters. The Labute approximate surface area is 83.5 Å². The molecule has 5 nitrogen and oxygen atoms in total. The highest BCUT2D eigenvalue weighted by Gasteiger charge is 2.11. The number of nitrogens with zero attached hydrogens (tertiary/aromatic N) is 2. The van der Waals surface area contributed by atoms with E-state index in [-0.39, 0.29) is 28.2 Å². The van der Waals surface area contributed by atoms with Crippen LogP contribution < -0.4 is 5.73 Å². The van der Waals surface area contributed by atoms with Gasteiger partial charge in [-0.05, 0) is 0 Å². The van der Waals surface area contributed by atoms with Crippen molar-refractivity contribution >= 4 is 35.0 Å². The van der Waals surface area contributed by atoms with Crippen LogP contribution in [0, 0.1) is 0 Å². The van der Waals surface area contributed by atoms with Crippen molar-refractivity contribution in [2.45, 2.75) is 6.42 Å². The third kappa shape index (κ3) is 2.43. The van der Waals surface area contributed by atoms with E-state index in [2.05, 4.69) is 9.97 Å². The fourth-order valence-electron chi connectivity index (χ4n) is 0.712. The van der Waals surface area contributed by atoms with E-state index in [1.165, 1.54) is 0 Å². The molecule has 0 aromatic carbocycles. The molecule has 1 heterocycles. The summed E-state index contributed by atoms with van der Waals surface area (Å²) in [5, 5.41) is 8.37. The van der Waals surface area contributed by atoms with Gasteiger partial charge in [-0.1, -0.05) is 23.2 Å². The third-order valence-corrected chi connectivity index (χ3v) is 1.86. The van der Waals surface area contributed by atoms with E-state index >= 15 is 0 Å². The molecule has 0 amide bonds. The fraction of sp³-hybridized carbons (Fsp3) is 0.167. The molecule has 0 saturated carbocycles. The summed E-state index contributed by atoms with van der Waals surface area (Å²) in [6, 6.07) is 0. The summed E-state index contributed by atoms with van der Waals surface area (Å²) in [6.45, 7) is 0. The first-order chi connectivity index (χ1) is 6.00. The smallest absolute Gasteiger partial charge is 0.309 e. The van der Waals surface area contributed by atoms with Crippen LogP contribution in [-0.4, -0.2) is 21.0 Å². The van der Waals surface area contributed by atoms with Crippen molar-refractivity contribution in [3.8, 4) is 0 Å². The number of rotatable bonds is 2. The van der Waals surface area contributed by atoms with Gasteiger partial charge in [0.05, 0.1) is 12.1 Å². The van der Waals surface area contributed by atoms with Gasteiger partial charge < -0.3 is 10.8 Å². The van der Waals surface area contributed by atoms with E-state index in [1.54, 1.807) is 0 Å². The summed E-state index contributed by atoms with van der Waals surface area (Å²) < 4.78 is 0. The number of carboxylic acid groups (broad SMARTS) is 1. The van der Waals surface area contributed by atoms with Crippen LogP contribution in [0.3, 0.4) is 0 Å². The Morgan fingerprint density at radius 2 is 1.92 bits per heavy atom. The molecule has 1 rings (SSSR count). The van der Waals surface area contributed by atoms with E-state index in [0.717, 1.165) is 0 Å². The molecule has 0 bridgehead atoms. The zero-order valence-electron chi connectivity index (χ0n) is 6.29. The lowest BCUT2D eigenvalue weighted by molar-refractivity contribution is -0.136. The zero-order valence-corrected chi connectivity index (χ0v) is 7.80. The molecule has 0 fully saturated rings. The summed E-state index contributed by atoms with van der Waals surface area (Å²) in [4.78, 5) is 17.6. The van der Waals surface area contributed by atoms with Crippen LogP contribution in [-0.2, 0) is 11.2 Å². The summed E-state index contributed by atoms with van der Waals surface area (Å²) in [5.74, 6) is -1.07. The molecule has 1 aromatic rings. The Bertz CT molecular complexity index is 356. The van der Waals surface area contributed by atoms with Crippen molar-refractivity contribution in [3.63, 3.8) is 0 Å². The minimum absolute atomic E-state index is 0.0169. The summed E-state index contributed by atoms with van der Waals surface area (Å²) in [7, 11) is 0. The number of carbonyl (C=O) groups is 1.